The predicted molar refractivity (Wildman–Crippen MR) is 54.9 cm³/mol. The van der Waals surface area contributed by atoms with Crippen molar-refractivity contribution >= 4 is 5.78 Å². The lowest BCUT2D eigenvalue weighted by Crippen LogP contribution is -2.35. The minimum atomic E-state index is -0.334. The third-order valence-electron chi connectivity index (χ3n) is 3.94. The summed E-state index contributed by atoms with van der Waals surface area (Å²) in [5, 5.41) is 9.87. The van der Waals surface area contributed by atoms with Crippen LogP contribution in [-0.2, 0) is 4.79 Å². The highest BCUT2D eigenvalue weighted by Crippen LogP contribution is 2.37. The van der Waals surface area contributed by atoms with Crippen LogP contribution in [0.1, 0.15) is 51.4 Å². The molecule has 2 atom stereocenters. The number of Topliss-reactive ketones (excluding diaryl/α,β-unsaturated/α-hetero) is 1. The summed E-state index contributed by atoms with van der Waals surface area (Å²) in [6.45, 7) is 0. The molecule has 0 bridgehead atoms. The first kappa shape index (κ1) is 10.2. The van der Waals surface area contributed by atoms with Crippen molar-refractivity contribution in [1.82, 2.24) is 0 Å². The van der Waals surface area contributed by atoms with E-state index in [2.05, 4.69) is 0 Å². The minimum absolute atomic E-state index is 0.254. The van der Waals surface area contributed by atoms with E-state index in [9.17, 15) is 9.90 Å². The fraction of sp³-hybridized carbons (Fsp3) is 0.917. The van der Waals surface area contributed by atoms with Crippen molar-refractivity contribution in [1.29, 1.82) is 0 Å². The monoisotopic (exact) mass is 196 g/mol. The van der Waals surface area contributed by atoms with Gasteiger partial charge in [0, 0.05) is 12.8 Å². The molecule has 2 rings (SSSR count). The van der Waals surface area contributed by atoms with Gasteiger partial charge in [0.05, 0.1) is 6.10 Å². The quantitative estimate of drug-likeness (QED) is 0.698. The van der Waals surface area contributed by atoms with Crippen molar-refractivity contribution in [3.05, 3.63) is 0 Å². The molecule has 2 heteroatoms. The van der Waals surface area contributed by atoms with E-state index < -0.39 is 0 Å². The lowest BCUT2D eigenvalue weighted by molar-refractivity contribution is -0.126. The van der Waals surface area contributed by atoms with Crippen molar-refractivity contribution < 1.29 is 9.90 Å². The van der Waals surface area contributed by atoms with Crippen LogP contribution in [0.3, 0.4) is 0 Å². The van der Waals surface area contributed by atoms with Crippen LogP contribution in [-0.4, -0.2) is 17.0 Å². The first-order valence-electron chi connectivity index (χ1n) is 5.97. The van der Waals surface area contributed by atoms with Crippen LogP contribution in [0.15, 0.2) is 0 Å². The Morgan fingerprint density at radius 1 is 1.07 bits per heavy atom. The molecule has 1 N–H and O–H groups in total. The Labute approximate surface area is 85.7 Å². The normalized spacial score (nSPS) is 35.9. The topological polar surface area (TPSA) is 37.3 Å². The molecule has 0 amide bonds. The predicted octanol–water partition coefficient (Wildman–Crippen LogP) is 2.30. The van der Waals surface area contributed by atoms with Gasteiger partial charge in [0.2, 0.25) is 0 Å². The number of ketones is 1. The van der Waals surface area contributed by atoms with E-state index in [1.54, 1.807) is 0 Å². The highest BCUT2D eigenvalue weighted by molar-refractivity contribution is 5.79. The summed E-state index contributed by atoms with van der Waals surface area (Å²) in [5.74, 6) is 1.38. The van der Waals surface area contributed by atoms with Gasteiger partial charge >= 0.3 is 0 Å². The number of carbonyl (C=O) groups is 1. The van der Waals surface area contributed by atoms with Gasteiger partial charge in [0.1, 0.15) is 5.78 Å². The smallest absolute Gasteiger partial charge is 0.135 e. The number of rotatable bonds is 1. The standard InChI is InChI=1S/C12H20O2/c13-10-6-7-11(12(14)8-10)9-4-2-1-3-5-9/h9,11-12,14H,1-8H2. The first-order valence-corrected chi connectivity index (χ1v) is 5.97. The van der Waals surface area contributed by atoms with Crippen LogP contribution in [0, 0.1) is 11.8 Å². The summed E-state index contributed by atoms with van der Waals surface area (Å²) in [4.78, 5) is 11.1. The van der Waals surface area contributed by atoms with E-state index >= 15 is 0 Å². The fourth-order valence-corrected chi connectivity index (χ4v) is 3.12. The zero-order chi connectivity index (χ0) is 9.97. The SMILES string of the molecule is O=C1CCC(C2CCCCC2)C(O)C1. The van der Waals surface area contributed by atoms with E-state index in [0.717, 1.165) is 6.42 Å². The van der Waals surface area contributed by atoms with Gasteiger partial charge in [-0.3, -0.25) is 4.79 Å². The molecule has 2 nitrogen and oxygen atoms in total. The maximum atomic E-state index is 11.1. The van der Waals surface area contributed by atoms with Crippen molar-refractivity contribution in [2.45, 2.75) is 57.5 Å². The molecule has 2 unspecified atom stereocenters. The number of hydrogen-bond donors (Lipinski definition) is 1. The maximum absolute atomic E-state index is 11.1. The Morgan fingerprint density at radius 3 is 2.43 bits per heavy atom. The molecule has 2 fully saturated rings. The Kier molecular flexibility index (Phi) is 3.22. The van der Waals surface area contributed by atoms with E-state index in [-0.39, 0.29) is 11.9 Å². The summed E-state index contributed by atoms with van der Waals surface area (Å²) < 4.78 is 0. The summed E-state index contributed by atoms with van der Waals surface area (Å²) >= 11 is 0. The van der Waals surface area contributed by atoms with Crippen LogP contribution in [0.25, 0.3) is 0 Å². The Morgan fingerprint density at radius 2 is 1.79 bits per heavy atom. The average molecular weight is 196 g/mol. The van der Waals surface area contributed by atoms with E-state index in [0.29, 0.717) is 24.7 Å². The highest BCUT2D eigenvalue weighted by atomic mass is 16.3. The third-order valence-corrected chi connectivity index (χ3v) is 3.94. The molecule has 2 saturated carbocycles. The Bertz CT molecular complexity index is 206. The number of aliphatic hydroxyl groups excluding tert-OH is 1. The summed E-state index contributed by atoms with van der Waals surface area (Å²) in [7, 11) is 0. The van der Waals surface area contributed by atoms with Crippen molar-refractivity contribution in [3.8, 4) is 0 Å². The van der Waals surface area contributed by atoms with E-state index in [1.807, 2.05) is 0 Å². The van der Waals surface area contributed by atoms with Gasteiger partial charge in [-0.05, 0) is 18.3 Å². The van der Waals surface area contributed by atoms with Gasteiger partial charge in [0.15, 0.2) is 0 Å². The van der Waals surface area contributed by atoms with Crippen LogP contribution in [0.5, 0.6) is 0 Å². The highest BCUT2D eigenvalue weighted by Gasteiger charge is 2.33. The number of hydrogen-bond acceptors (Lipinski definition) is 2. The molecule has 0 saturated heterocycles. The lowest BCUT2D eigenvalue weighted by atomic mass is 9.72. The molecule has 0 aliphatic heterocycles. The Hall–Kier alpha value is -0.370. The lowest BCUT2D eigenvalue weighted by Gasteiger charge is -2.35. The summed E-state index contributed by atoms with van der Waals surface area (Å²) in [5.41, 5.74) is 0. The first-order chi connectivity index (χ1) is 6.77. The van der Waals surface area contributed by atoms with Crippen LogP contribution in [0.2, 0.25) is 0 Å². The molecule has 0 aromatic rings. The molecule has 0 aromatic carbocycles. The second-order valence-corrected chi connectivity index (χ2v) is 4.91. The van der Waals surface area contributed by atoms with Gasteiger partial charge < -0.3 is 5.11 Å². The van der Waals surface area contributed by atoms with Gasteiger partial charge in [-0.15, -0.1) is 0 Å². The number of carbonyl (C=O) groups excluding carboxylic acids is 1. The molecule has 0 radical (unpaired) electrons. The van der Waals surface area contributed by atoms with Crippen LogP contribution >= 0.6 is 0 Å². The van der Waals surface area contributed by atoms with Gasteiger partial charge in [-0.2, -0.15) is 0 Å². The molecular formula is C12H20O2. The molecule has 0 spiro atoms. The van der Waals surface area contributed by atoms with Crippen LogP contribution in [0.4, 0.5) is 0 Å². The fourth-order valence-electron chi connectivity index (χ4n) is 3.12. The van der Waals surface area contributed by atoms with Gasteiger partial charge in [-0.25, -0.2) is 0 Å². The summed E-state index contributed by atoms with van der Waals surface area (Å²) in [6, 6.07) is 0. The van der Waals surface area contributed by atoms with Crippen LogP contribution < -0.4 is 0 Å². The molecule has 0 heterocycles. The molecule has 2 aliphatic carbocycles. The molecule has 14 heavy (non-hydrogen) atoms. The summed E-state index contributed by atoms with van der Waals surface area (Å²) in [6.07, 6.45) is 8.27. The van der Waals surface area contributed by atoms with Gasteiger partial charge in [0.25, 0.3) is 0 Å². The zero-order valence-electron chi connectivity index (χ0n) is 8.74. The largest absolute Gasteiger partial charge is 0.392 e. The zero-order valence-corrected chi connectivity index (χ0v) is 8.74. The molecule has 80 valence electrons. The molecule has 2 aliphatic rings. The maximum Gasteiger partial charge on any atom is 0.135 e. The molecular weight excluding hydrogens is 176 g/mol. The Balaban J connectivity index is 1.92. The van der Waals surface area contributed by atoms with Crippen molar-refractivity contribution in [3.63, 3.8) is 0 Å². The third kappa shape index (κ3) is 2.17. The number of aliphatic hydroxyl groups is 1. The van der Waals surface area contributed by atoms with Gasteiger partial charge in [-0.1, -0.05) is 32.1 Å². The molecule has 0 aromatic heterocycles. The minimum Gasteiger partial charge on any atom is -0.392 e. The second-order valence-electron chi connectivity index (χ2n) is 4.91. The van der Waals surface area contributed by atoms with Crippen molar-refractivity contribution in [2.24, 2.45) is 11.8 Å². The van der Waals surface area contributed by atoms with E-state index in [1.165, 1.54) is 32.1 Å². The van der Waals surface area contributed by atoms with E-state index in [4.69, 9.17) is 0 Å². The average Bonchev–Trinajstić information content (AvgIpc) is 2.19. The second kappa shape index (κ2) is 4.43. The van der Waals surface area contributed by atoms with Crippen molar-refractivity contribution in [2.75, 3.05) is 0 Å².